The van der Waals surface area contributed by atoms with Gasteiger partial charge in [-0.1, -0.05) is 65.3 Å². The minimum Gasteiger partial charge on any atom is -0.494 e. The quantitative estimate of drug-likeness (QED) is 0.283. The largest absolute Gasteiger partial charge is 0.494 e. The predicted molar refractivity (Wildman–Crippen MR) is 124 cm³/mol. The first-order valence-electron chi connectivity index (χ1n) is 9.47. The Morgan fingerprint density at radius 1 is 0.900 bits per heavy atom. The zero-order valence-corrected chi connectivity index (χ0v) is 18.6. The lowest BCUT2D eigenvalue weighted by atomic mass is 10.2. The highest BCUT2D eigenvalue weighted by molar-refractivity contribution is 7.98. The number of halogens is 2. The van der Waals surface area contributed by atoms with E-state index in [1.165, 1.54) is 0 Å². The van der Waals surface area contributed by atoms with E-state index in [4.69, 9.17) is 27.9 Å². The van der Waals surface area contributed by atoms with Gasteiger partial charge in [0, 0.05) is 17.0 Å². The van der Waals surface area contributed by atoms with E-state index in [9.17, 15) is 0 Å². The zero-order valence-electron chi connectivity index (χ0n) is 16.3. The highest BCUT2D eigenvalue weighted by Crippen LogP contribution is 2.33. The first-order chi connectivity index (χ1) is 14.7. The van der Waals surface area contributed by atoms with Crippen molar-refractivity contribution in [2.75, 3.05) is 6.61 Å². The standard InChI is InChI=1S/C23H19Cl2N3OS/c1-2-29-19-13-11-16(12-14-19)22-26-27-23(28(22)18-8-4-3-5-9-18)30-15-17-7-6-10-20(24)21(17)25/h3-14H,2,15H2,1H3. The molecule has 152 valence electrons. The molecule has 3 aromatic carbocycles. The summed E-state index contributed by atoms with van der Waals surface area (Å²) in [7, 11) is 0. The lowest BCUT2D eigenvalue weighted by Crippen LogP contribution is -2.00. The normalized spacial score (nSPS) is 10.9. The molecule has 0 amide bonds. The third-order valence-corrected chi connectivity index (χ3v) is 6.30. The summed E-state index contributed by atoms with van der Waals surface area (Å²) in [5, 5.41) is 10.8. The van der Waals surface area contributed by atoms with Crippen LogP contribution in [0, 0.1) is 0 Å². The monoisotopic (exact) mass is 455 g/mol. The van der Waals surface area contributed by atoms with Crippen molar-refractivity contribution >= 4 is 35.0 Å². The van der Waals surface area contributed by atoms with Gasteiger partial charge in [-0.05, 0) is 55.0 Å². The summed E-state index contributed by atoms with van der Waals surface area (Å²) in [5.74, 6) is 2.23. The van der Waals surface area contributed by atoms with Gasteiger partial charge < -0.3 is 4.74 Å². The van der Waals surface area contributed by atoms with Gasteiger partial charge in [0.25, 0.3) is 0 Å². The van der Waals surface area contributed by atoms with Gasteiger partial charge in [-0.25, -0.2) is 0 Å². The number of thioether (sulfide) groups is 1. The number of rotatable bonds is 7. The number of aromatic nitrogens is 3. The average molecular weight is 456 g/mol. The summed E-state index contributed by atoms with van der Waals surface area (Å²) < 4.78 is 7.61. The summed E-state index contributed by atoms with van der Waals surface area (Å²) in [5.41, 5.74) is 2.91. The van der Waals surface area contributed by atoms with Crippen LogP contribution in [0.4, 0.5) is 0 Å². The van der Waals surface area contributed by atoms with Gasteiger partial charge in [-0.15, -0.1) is 10.2 Å². The Labute approximate surface area is 189 Å². The second kappa shape index (κ2) is 9.56. The first-order valence-corrected chi connectivity index (χ1v) is 11.2. The predicted octanol–water partition coefficient (Wildman–Crippen LogP) is 6.93. The third kappa shape index (κ3) is 4.48. The highest BCUT2D eigenvalue weighted by atomic mass is 35.5. The Bertz CT molecular complexity index is 1130. The van der Waals surface area contributed by atoms with E-state index in [0.29, 0.717) is 22.4 Å². The van der Waals surface area contributed by atoms with Crippen molar-refractivity contribution in [1.82, 2.24) is 14.8 Å². The van der Waals surface area contributed by atoms with Crippen LogP contribution in [0.25, 0.3) is 17.1 Å². The molecule has 1 aromatic heterocycles. The van der Waals surface area contributed by atoms with Crippen molar-refractivity contribution in [3.63, 3.8) is 0 Å². The fourth-order valence-electron chi connectivity index (χ4n) is 3.03. The molecule has 1 heterocycles. The molecule has 0 aliphatic carbocycles. The summed E-state index contributed by atoms with van der Waals surface area (Å²) in [4.78, 5) is 0. The van der Waals surface area contributed by atoms with Crippen LogP contribution in [0.2, 0.25) is 10.0 Å². The van der Waals surface area contributed by atoms with E-state index in [-0.39, 0.29) is 0 Å². The SMILES string of the molecule is CCOc1ccc(-c2nnc(SCc3cccc(Cl)c3Cl)n2-c2ccccc2)cc1. The van der Waals surface area contributed by atoms with Gasteiger partial charge in [0.1, 0.15) is 5.75 Å². The van der Waals surface area contributed by atoms with Crippen LogP contribution in [0.3, 0.4) is 0 Å². The molecule has 30 heavy (non-hydrogen) atoms. The molecule has 0 bridgehead atoms. The Kier molecular flexibility index (Phi) is 6.62. The lowest BCUT2D eigenvalue weighted by molar-refractivity contribution is 0.340. The Morgan fingerprint density at radius 2 is 1.67 bits per heavy atom. The zero-order chi connectivity index (χ0) is 20.9. The minimum absolute atomic E-state index is 0.550. The maximum Gasteiger partial charge on any atom is 0.196 e. The Morgan fingerprint density at radius 3 is 2.40 bits per heavy atom. The van der Waals surface area contributed by atoms with Gasteiger partial charge >= 0.3 is 0 Å². The van der Waals surface area contributed by atoms with Gasteiger partial charge in [0.05, 0.1) is 16.7 Å². The number of hydrogen-bond acceptors (Lipinski definition) is 4. The van der Waals surface area contributed by atoms with Crippen molar-refractivity contribution in [2.45, 2.75) is 17.8 Å². The summed E-state index contributed by atoms with van der Waals surface area (Å²) in [6.07, 6.45) is 0. The molecule has 4 nitrogen and oxygen atoms in total. The van der Waals surface area contributed by atoms with Gasteiger partial charge in [0.2, 0.25) is 0 Å². The van der Waals surface area contributed by atoms with Crippen LogP contribution < -0.4 is 4.74 Å². The number of hydrogen-bond donors (Lipinski definition) is 0. The van der Waals surface area contributed by atoms with E-state index >= 15 is 0 Å². The van der Waals surface area contributed by atoms with E-state index < -0.39 is 0 Å². The van der Waals surface area contributed by atoms with Gasteiger partial charge in [-0.2, -0.15) is 0 Å². The van der Waals surface area contributed by atoms with Crippen molar-refractivity contribution in [2.24, 2.45) is 0 Å². The topological polar surface area (TPSA) is 39.9 Å². The second-order valence-electron chi connectivity index (χ2n) is 6.44. The lowest BCUT2D eigenvalue weighted by Gasteiger charge is -2.11. The number of para-hydroxylation sites is 1. The smallest absolute Gasteiger partial charge is 0.196 e. The first kappa shape index (κ1) is 20.8. The van der Waals surface area contributed by atoms with Crippen LogP contribution in [-0.4, -0.2) is 21.4 Å². The van der Waals surface area contributed by atoms with Crippen molar-refractivity contribution in [1.29, 1.82) is 0 Å². The molecule has 7 heteroatoms. The molecule has 0 spiro atoms. The minimum atomic E-state index is 0.550. The molecule has 0 aliphatic heterocycles. The van der Waals surface area contributed by atoms with Crippen LogP contribution in [0.15, 0.2) is 78.0 Å². The van der Waals surface area contributed by atoms with E-state index in [1.54, 1.807) is 17.8 Å². The fraction of sp³-hybridized carbons (Fsp3) is 0.130. The third-order valence-electron chi connectivity index (χ3n) is 4.46. The van der Waals surface area contributed by atoms with Crippen LogP contribution >= 0.6 is 35.0 Å². The average Bonchev–Trinajstić information content (AvgIpc) is 3.20. The van der Waals surface area contributed by atoms with E-state index in [0.717, 1.165) is 33.5 Å². The Hall–Kier alpha value is -2.47. The molecule has 0 saturated carbocycles. The number of ether oxygens (including phenoxy) is 1. The molecule has 0 saturated heterocycles. The Balaban J connectivity index is 1.70. The molecular formula is C23H19Cl2N3OS. The maximum atomic E-state index is 6.36. The molecule has 4 aromatic rings. The number of nitrogens with zero attached hydrogens (tertiary/aromatic N) is 3. The van der Waals surface area contributed by atoms with Crippen molar-refractivity contribution < 1.29 is 4.74 Å². The summed E-state index contributed by atoms with van der Waals surface area (Å²) in [6.45, 7) is 2.60. The molecule has 0 fully saturated rings. The van der Waals surface area contributed by atoms with Crippen molar-refractivity contribution in [3.05, 3.63) is 88.4 Å². The maximum absolute atomic E-state index is 6.36. The molecule has 0 atom stereocenters. The second-order valence-corrected chi connectivity index (χ2v) is 8.16. The van der Waals surface area contributed by atoms with Crippen molar-refractivity contribution in [3.8, 4) is 22.8 Å². The van der Waals surface area contributed by atoms with Gasteiger partial charge in [0.15, 0.2) is 11.0 Å². The van der Waals surface area contributed by atoms with E-state index in [1.807, 2.05) is 73.7 Å². The fourth-order valence-corrected chi connectivity index (χ4v) is 4.44. The summed E-state index contributed by atoms with van der Waals surface area (Å²) in [6, 6.07) is 23.6. The summed E-state index contributed by atoms with van der Waals surface area (Å²) >= 11 is 14.1. The van der Waals surface area contributed by atoms with Gasteiger partial charge in [-0.3, -0.25) is 4.57 Å². The van der Waals surface area contributed by atoms with E-state index in [2.05, 4.69) is 14.8 Å². The van der Waals surface area contributed by atoms with Crippen LogP contribution in [-0.2, 0) is 5.75 Å². The molecule has 0 radical (unpaired) electrons. The molecule has 0 unspecified atom stereocenters. The highest BCUT2D eigenvalue weighted by Gasteiger charge is 2.17. The molecule has 0 N–H and O–H groups in total. The molecule has 4 rings (SSSR count). The number of benzene rings is 3. The molecular weight excluding hydrogens is 437 g/mol. The van der Waals surface area contributed by atoms with Crippen LogP contribution in [0.5, 0.6) is 5.75 Å². The molecule has 0 aliphatic rings. The van der Waals surface area contributed by atoms with Crippen LogP contribution in [0.1, 0.15) is 12.5 Å².